The molecule has 2 N–H and O–H groups in total. The smallest absolute Gasteiger partial charge is 0.268 e. The van der Waals surface area contributed by atoms with Crippen LogP contribution < -0.4 is 16.2 Å². The average molecular weight is 269 g/mol. The maximum Gasteiger partial charge on any atom is 0.268 e. The first-order chi connectivity index (χ1) is 9.35. The fourth-order valence-corrected chi connectivity index (χ4v) is 2.98. The Morgan fingerprint density at radius 2 is 1.80 bits per heavy atom. The molecule has 1 heterocycles. The minimum absolute atomic E-state index is 0.137. The summed E-state index contributed by atoms with van der Waals surface area (Å²) < 4.78 is 0. The number of anilines is 1. The largest absolute Gasteiger partial charge is 0.503 e. The van der Waals surface area contributed by atoms with Crippen LogP contribution in [0.25, 0.3) is 5.57 Å². The second-order valence-corrected chi connectivity index (χ2v) is 5.68. The Morgan fingerprint density at radius 3 is 2.40 bits per heavy atom. The first-order valence-electron chi connectivity index (χ1n) is 6.46. The lowest BCUT2D eigenvalue weighted by atomic mass is 9.81. The highest BCUT2D eigenvalue weighted by Gasteiger charge is 2.37. The summed E-state index contributed by atoms with van der Waals surface area (Å²) in [6.07, 6.45) is 0. The molecule has 2 aromatic carbocycles. The molecule has 0 unspecified atom stereocenters. The van der Waals surface area contributed by atoms with E-state index in [9.17, 15) is 14.7 Å². The highest BCUT2D eigenvalue weighted by atomic mass is 16.3. The molecule has 0 amide bonds. The molecule has 4 heteroatoms. The van der Waals surface area contributed by atoms with Crippen LogP contribution in [0, 0.1) is 0 Å². The van der Waals surface area contributed by atoms with Crippen LogP contribution in [-0.2, 0) is 5.41 Å². The molecule has 1 aliphatic heterocycles. The molecule has 0 saturated carbocycles. The van der Waals surface area contributed by atoms with E-state index >= 15 is 0 Å². The van der Waals surface area contributed by atoms with Gasteiger partial charge in [-0.2, -0.15) is 0 Å². The Labute approximate surface area is 116 Å². The lowest BCUT2D eigenvalue weighted by Gasteiger charge is -2.23. The lowest BCUT2D eigenvalue weighted by molar-refractivity contribution is 0.460. The fraction of sp³-hybridized carbons (Fsp3) is 0.250. The van der Waals surface area contributed by atoms with Crippen LogP contribution in [0.3, 0.4) is 0 Å². The van der Waals surface area contributed by atoms with Crippen molar-refractivity contribution in [1.29, 1.82) is 0 Å². The molecule has 0 atom stereocenters. The summed E-state index contributed by atoms with van der Waals surface area (Å²) in [6.45, 7) is 5.85. The maximum atomic E-state index is 11.6. The number of rotatable bonds is 1. The van der Waals surface area contributed by atoms with Crippen LogP contribution in [0.15, 0.2) is 39.6 Å². The van der Waals surface area contributed by atoms with Crippen molar-refractivity contribution in [3.8, 4) is 5.75 Å². The molecule has 0 aromatic heterocycles. The van der Waals surface area contributed by atoms with Crippen molar-refractivity contribution < 1.29 is 5.11 Å². The van der Waals surface area contributed by atoms with Gasteiger partial charge in [-0.3, -0.25) is 9.59 Å². The summed E-state index contributed by atoms with van der Waals surface area (Å²) in [6, 6.07) is 7.91. The van der Waals surface area contributed by atoms with Crippen LogP contribution in [0.4, 0.5) is 5.69 Å². The summed E-state index contributed by atoms with van der Waals surface area (Å²) in [7, 11) is 0. The maximum absolute atomic E-state index is 11.6. The Hall–Kier alpha value is -2.36. The van der Waals surface area contributed by atoms with Crippen LogP contribution >= 0.6 is 0 Å². The Morgan fingerprint density at radius 1 is 1.15 bits per heavy atom. The van der Waals surface area contributed by atoms with Gasteiger partial charge in [0.05, 0.1) is 5.56 Å². The predicted octanol–water partition coefficient (Wildman–Crippen LogP) is 2.12. The second-order valence-electron chi connectivity index (χ2n) is 5.68. The van der Waals surface area contributed by atoms with Gasteiger partial charge in [-0.1, -0.05) is 32.0 Å². The Balaban J connectivity index is 2.20. The normalized spacial score (nSPS) is 18.8. The molecule has 20 heavy (non-hydrogen) atoms. The van der Waals surface area contributed by atoms with Crippen LogP contribution in [0.1, 0.15) is 31.9 Å². The topological polar surface area (TPSA) is 66.4 Å². The minimum Gasteiger partial charge on any atom is -0.503 e. The molecule has 0 bridgehead atoms. The van der Waals surface area contributed by atoms with Crippen molar-refractivity contribution in [2.24, 2.45) is 0 Å². The van der Waals surface area contributed by atoms with Crippen molar-refractivity contribution >= 4 is 11.3 Å². The van der Waals surface area contributed by atoms with E-state index in [2.05, 4.69) is 5.32 Å². The standard InChI is InChI=1S/C16H15NO3/c1-8(11-12(18)14(20)13(11)19)15-16(2,3)9-6-4-5-7-10(9)17-15/h4-7,17-18H,1-3H3. The summed E-state index contributed by atoms with van der Waals surface area (Å²) >= 11 is 0. The molecule has 3 rings (SSSR count). The van der Waals surface area contributed by atoms with Gasteiger partial charge < -0.3 is 10.4 Å². The molecule has 0 fully saturated rings. The number of nitrogens with one attached hydrogen (secondary N) is 1. The summed E-state index contributed by atoms with van der Waals surface area (Å²) in [5, 5.41) is 12.9. The van der Waals surface area contributed by atoms with Gasteiger partial charge in [0.1, 0.15) is 0 Å². The predicted molar refractivity (Wildman–Crippen MR) is 78.7 cm³/mol. The molecule has 0 spiro atoms. The van der Waals surface area contributed by atoms with Gasteiger partial charge in [0, 0.05) is 16.8 Å². The van der Waals surface area contributed by atoms with Crippen molar-refractivity contribution in [1.82, 2.24) is 0 Å². The van der Waals surface area contributed by atoms with E-state index in [1.165, 1.54) is 0 Å². The molecular weight excluding hydrogens is 254 g/mol. The van der Waals surface area contributed by atoms with E-state index in [-0.39, 0.29) is 11.0 Å². The van der Waals surface area contributed by atoms with Gasteiger partial charge in [-0.25, -0.2) is 0 Å². The number of benzene rings is 1. The summed E-state index contributed by atoms with van der Waals surface area (Å²) in [5.41, 5.74) is 2.03. The number of hydrogen-bond acceptors (Lipinski definition) is 4. The zero-order valence-corrected chi connectivity index (χ0v) is 11.6. The van der Waals surface area contributed by atoms with Crippen molar-refractivity contribution in [2.75, 3.05) is 5.32 Å². The van der Waals surface area contributed by atoms with E-state index < -0.39 is 16.6 Å². The highest BCUT2D eigenvalue weighted by molar-refractivity contribution is 5.82. The summed E-state index contributed by atoms with van der Waals surface area (Å²) in [4.78, 5) is 22.8. The molecular formula is C16H15NO3. The van der Waals surface area contributed by atoms with Gasteiger partial charge in [0.25, 0.3) is 5.43 Å². The van der Waals surface area contributed by atoms with E-state index in [0.717, 1.165) is 16.9 Å². The van der Waals surface area contributed by atoms with Crippen molar-refractivity contribution in [3.05, 3.63) is 61.5 Å². The highest BCUT2D eigenvalue weighted by Crippen LogP contribution is 2.45. The first-order valence-corrected chi connectivity index (χ1v) is 6.46. The van der Waals surface area contributed by atoms with Crippen LogP contribution in [-0.4, -0.2) is 5.11 Å². The zero-order valence-electron chi connectivity index (χ0n) is 11.6. The van der Waals surface area contributed by atoms with Gasteiger partial charge >= 0.3 is 0 Å². The van der Waals surface area contributed by atoms with Crippen molar-refractivity contribution in [2.45, 2.75) is 26.2 Å². The molecule has 1 aliphatic rings. The van der Waals surface area contributed by atoms with Gasteiger partial charge in [-0.05, 0) is 24.1 Å². The average Bonchev–Trinajstić information content (AvgIpc) is 2.71. The fourth-order valence-electron chi connectivity index (χ4n) is 2.98. The Bertz CT molecular complexity index is 821. The first kappa shape index (κ1) is 12.7. The molecule has 4 nitrogen and oxygen atoms in total. The van der Waals surface area contributed by atoms with Gasteiger partial charge in [-0.15, -0.1) is 0 Å². The SMILES string of the molecule is CC(=C1Nc2ccccc2C1(C)C)c1c(O)c(=O)c1=O. The van der Waals surface area contributed by atoms with Crippen molar-refractivity contribution in [3.63, 3.8) is 0 Å². The van der Waals surface area contributed by atoms with E-state index in [0.29, 0.717) is 5.57 Å². The monoisotopic (exact) mass is 269 g/mol. The molecule has 0 saturated heterocycles. The van der Waals surface area contributed by atoms with Gasteiger partial charge in [0.2, 0.25) is 5.43 Å². The van der Waals surface area contributed by atoms with E-state index in [1.807, 2.05) is 38.1 Å². The van der Waals surface area contributed by atoms with E-state index in [4.69, 9.17) is 0 Å². The van der Waals surface area contributed by atoms with Crippen LogP contribution in [0.5, 0.6) is 5.75 Å². The van der Waals surface area contributed by atoms with Crippen LogP contribution in [0.2, 0.25) is 0 Å². The minimum atomic E-state index is -0.798. The third-order valence-corrected chi connectivity index (χ3v) is 4.12. The third-order valence-electron chi connectivity index (χ3n) is 4.12. The Kier molecular flexibility index (Phi) is 2.42. The lowest BCUT2D eigenvalue weighted by Crippen LogP contribution is -2.34. The molecule has 2 aromatic rings. The number of aromatic hydroxyl groups is 1. The van der Waals surface area contributed by atoms with E-state index in [1.54, 1.807) is 6.92 Å². The summed E-state index contributed by atoms with van der Waals surface area (Å²) in [5.74, 6) is -0.423. The molecule has 0 aliphatic carbocycles. The van der Waals surface area contributed by atoms with Gasteiger partial charge in [0.15, 0.2) is 5.75 Å². The quantitative estimate of drug-likeness (QED) is 0.778. The molecule has 0 radical (unpaired) electrons. The number of para-hydroxylation sites is 1. The third kappa shape index (κ3) is 1.42. The number of fused-ring (bicyclic) bond motifs is 1. The number of allylic oxidation sites excluding steroid dienone is 2. The number of hydrogen-bond donors (Lipinski definition) is 2. The second kappa shape index (κ2) is 3.82. The zero-order chi connectivity index (χ0) is 14.7. The molecule has 102 valence electrons.